The zero-order valence-electron chi connectivity index (χ0n) is 16.0. The van der Waals surface area contributed by atoms with Gasteiger partial charge in [-0.25, -0.2) is 4.79 Å². The fourth-order valence-electron chi connectivity index (χ4n) is 2.36. The highest BCUT2D eigenvalue weighted by Gasteiger charge is 2.23. The Balaban J connectivity index is 1.84. The smallest absolute Gasteiger partial charge is 0.347 e. The van der Waals surface area contributed by atoms with E-state index in [0.29, 0.717) is 17.1 Å². The first-order chi connectivity index (χ1) is 13.4. The number of rotatable bonds is 8. The molecular weight excluding hydrogens is 360 g/mol. The van der Waals surface area contributed by atoms with Gasteiger partial charge in [-0.15, -0.1) is 0 Å². The minimum Gasteiger partial charge on any atom is -0.496 e. The first-order valence-electron chi connectivity index (χ1n) is 8.71. The van der Waals surface area contributed by atoms with Crippen molar-refractivity contribution in [3.8, 4) is 17.6 Å². The zero-order chi connectivity index (χ0) is 20.5. The molecule has 146 valence electrons. The Morgan fingerprint density at radius 1 is 1.07 bits per heavy atom. The number of nitrogens with one attached hydrogen (secondary N) is 1. The molecule has 0 saturated heterocycles. The number of hydrogen-bond acceptors (Lipinski definition) is 6. The molecule has 0 unspecified atom stereocenters. The zero-order valence-corrected chi connectivity index (χ0v) is 16.0. The van der Waals surface area contributed by atoms with Gasteiger partial charge in [0, 0.05) is 12.1 Å². The summed E-state index contributed by atoms with van der Waals surface area (Å²) in [6, 6.07) is 15.7. The Hall–Kier alpha value is -3.53. The van der Waals surface area contributed by atoms with Crippen molar-refractivity contribution in [3.63, 3.8) is 0 Å². The van der Waals surface area contributed by atoms with Crippen LogP contribution in [0.2, 0.25) is 0 Å². The fraction of sp³-hybridized carbons (Fsp3) is 0.286. The highest BCUT2D eigenvalue weighted by molar-refractivity contribution is 5.84. The van der Waals surface area contributed by atoms with E-state index in [1.165, 1.54) is 13.8 Å². The lowest BCUT2D eigenvalue weighted by Gasteiger charge is -2.18. The molecule has 0 aromatic heterocycles. The van der Waals surface area contributed by atoms with Crippen LogP contribution < -0.4 is 14.8 Å². The summed E-state index contributed by atoms with van der Waals surface area (Å²) in [5, 5.41) is 11.5. The third kappa shape index (κ3) is 5.74. The van der Waals surface area contributed by atoms with Crippen LogP contribution in [0.15, 0.2) is 48.5 Å². The van der Waals surface area contributed by atoms with Crippen LogP contribution in [0, 0.1) is 11.3 Å². The Labute approximate surface area is 163 Å². The third-order valence-electron chi connectivity index (χ3n) is 3.94. The van der Waals surface area contributed by atoms with Crippen molar-refractivity contribution in [1.29, 1.82) is 5.26 Å². The lowest BCUT2D eigenvalue weighted by molar-refractivity contribution is -0.160. The first-order valence-corrected chi connectivity index (χ1v) is 8.71. The average Bonchev–Trinajstić information content (AvgIpc) is 2.72. The number of methoxy groups -OCH3 is 1. The van der Waals surface area contributed by atoms with Crippen LogP contribution >= 0.6 is 0 Å². The number of amides is 1. The molecule has 2 atom stereocenters. The monoisotopic (exact) mass is 382 g/mol. The largest absolute Gasteiger partial charge is 0.496 e. The summed E-state index contributed by atoms with van der Waals surface area (Å²) in [6.45, 7) is 3.27. The van der Waals surface area contributed by atoms with Crippen LogP contribution in [0.25, 0.3) is 0 Å². The van der Waals surface area contributed by atoms with Crippen molar-refractivity contribution in [3.05, 3.63) is 59.7 Å². The maximum absolute atomic E-state index is 12.2. The van der Waals surface area contributed by atoms with Crippen LogP contribution in [-0.4, -0.2) is 31.2 Å². The second-order valence-corrected chi connectivity index (χ2v) is 6.01. The van der Waals surface area contributed by atoms with Gasteiger partial charge in [0.05, 0.1) is 18.7 Å². The standard InChI is InChI=1S/C21H22N2O5/c1-14(20(24)23-13-17-6-4-5-7-19(17)26-3)28-21(25)15(2)27-18-10-8-16(12-22)9-11-18/h4-11,14-15H,13H2,1-3H3,(H,23,24)/t14-,15-/m1/s1. The van der Waals surface area contributed by atoms with Crippen molar-refractivity contribution < 1.29 is 23.8 Å². The summed E-state index contributed by atoms with van der Waals surface area (Å²) in [5.74, 6) is 0.00254. The number of nitrogens with zero attached hydrogens (tertiary/aromatic N) is 1. The van der Waals surface area contributed by atoms with Crippen molar-refractivity contribution in [2.45, 2.75) is 32.6 Å². The molecule has 0 radical (unpaired) electrons. The molecule has 2 rings (SSSR count). The highest BCUT2D eigenvalue weighted by Crippen LogP contribution is 2.17. The van der Waals surface area contributed by atoms with Gasteiger partial charge >= 0.3 is 5.97 Å². The summed E-state index contributed by atoms with van der Waals surface area (Å²) in [6.07, 6.45) is -1.88. The Morgan fingerprint density at radius 2 is 1.75 bits per heavy atom. The molecule has 2 aromatic carbocycles. The van der Waals surface area contributed by atoms with Crippen molar-refractivity contribution >= 4 is 11.9 Å². The van der Waals surface area contributed by atoms with E-state index < -0.39 is 24.1 Å². The van der Waals surface area contributed by atoms with Crippen LogP contribution in [-0.2, 0) is 20.9 Å². The number of hydrogen-bond donors (Lipinski definition) is 1. The third-order valence-corrected chi connectivity index (χ3v) is 3.94. The van der Waals surface area contributed by atoms with Gasteiger partial charge < -0.3 is 19.5 Å². The first kappa shape index (κ1) is 20.8. The normalized spacial score (nSPS) is 12.2. The van der Waals surface area contributed by atoms with E-state index in [-0.39, 0.29) is 6.54 Å². The quantitative estimate of drug-likeness (QED) is 0.705. The molecule has 2 aromatic rings. The number of benzene rings is 2. The molecule has 0 fully saturated rings. The minimum atomic E-state index is -0.978. The minimum absolute atomic E-state index is 0.252. The molecule has 1 N–H and O–H groups in total. The van der Waals surface area contributed by atoms with Gasteiger partial charge in [-0.3, -0.25) is 4.79 Å². The molecule has 0 spiro atoms. The Bertz CT molecular complexity index is 858. The Morgan fingerprint density at radius 3 is 2.39 bits per heavy atom. The second kappa shape index (κ2) is 9.97. The SMILES string of the molecule is COc1ccccc1CNC(=O)[C@@H](C)OC(=O)[C@@H](C)Oc1ccc(C#N)cc1. The summed E-state index contributed by atoms with van der Waals surface area (Å²) in [5.41, 5.74) is 1.30. The highest BCUT2D eigenvalue weighted by atomic mass is 16.6. The van der Waals surface area contributed by atoms with E-state index in [1.54, 1.807) is 37.4 Å². The molecule has 0 bridgehead atoms. The fourth-order valence-corrected chi connectivity index (χ4v) is 2.36. The summed E-state index contributed by atoms with van der Waals surface area (Å²) in [7, 11) is 1.56. The van der Waals surface area contributed by atoms with Gasteiger partial charge in [0.2, 0.25) is 0 Å². The number of ether oxygens (including phenoxy) is 3. The molecule has 28 heavy (non-hydrogen) atoms. The second-order valence-electron chi connectivity index (χ2n) is 6.01. The van der Waals surface area contributed by atoms with Crippen molar-refractivity contribution in [2.24, 2.45) is 0 Å². The average molecular weight is 382 g/mol. The van der Waals surface area contributed by atoms with E-state index in [2.05, 4.69) is 5.32 Å². The van der Waals surface area contributed by atoms with E-state index >= 15 is 0 Å². The van der Waals surface area contributed by atoms with Crippen LogP contribution in [0.3, 0.4) is 0 Å². The lowest BCUT2D eigenvalue weighted by atomic mass is 10.2. The predicted molar refractivity (Wildman–Crippen MR) is 102 cm³/mol. The summed E-state index contributed by atoms with van der Waals surface area (Å²) in [4.78, 5) is 24.4. The van der Waals surface area contributed by atoms with E-state index in [4.69, 9.17) is 19.5 Å². The maximum Gasteiger partial charge on any atom is 0.347 e. The molecule has 7 heteroatoms. The van der Waals surface area contributed by atoms with E-state index in [1.807, 2.05) is 24.3 Å². The molecule has 0 aliphatic heterocycles. The molecule has 1 amide bonds. The van der Waals surface area contributed by atoms with Gasteiger partial charge in [0.15, 0.2) is 12.2 Å². The molecule has 0 aliphatic rings. The van der Waals surface area contributed by atoms with Gasteiger partial charge in [-0.2, -0.15) is 5.26 Å². The van der Waals surface area contributed by atoms with Crippen LogP contribution in [0.1, 0.15) is 25.0 Å². The number of carbonyl (C=O) groups is 2. The van der Waals surface area contributed by atoms with Crippen molar-refractivity contribution in [2.75, 3.05) is 7.11 Å². The van der Waals surface area contributed by atoms with E-state index in [0.717, 1.165) is 5.56 Å². The number of carbonyl (C=O) groups excluding carboxylic acids is 2. The molecule has 7 nitrogen and oxygen atoms in total. The Kier molecular flexibility index (Phi) is 7.40. The molecular formula is C21H22N2O5. The van der Waals surface area contributed by atoms with Crippen LogP contribution in [0.5, 0.6) is 11.5 Å². The van der Waals surface area contributed by atoms with Gasteiger partial charge in [-0.05, 0) is 44.2 Å². The lowest BCUT2D eigenvalue weighted by Crippen LogP contribution is -2.38. The topological polar surface area (TPSA) is 97.7 Å². The number of nitriles is 1. The van der Waals surface area contributed by atoms with E-state index in [9.17, 15) is 9.59 Å². The number of esters is 1. The van der Waals surface area contributed by atoms with Crippen molar-refractivity contribution in [1.82, 2.24) is 5.32 Å². The summed E-state index contributed by atoms with van der Waals surface area (Å²) >= 11 is 0. The van der Waals surface area contributed by atoms with Gasteiger partial charge in [0.1, 0.15) is 11.5 Å². The van der Waals surface area contributed by atoms with Gasteiger partial charge in [-0.1, -0.05) is 18.2 Å². The molecule has 0 saturated carbocycles. The molecule has 0 heterocycles. The van der Waals surface area contributed by atoms with Crippen LogP contribution in [0.4, 0.5) is 0 Å². The number of para-hydroxylation sites is 1. The van der Waals surface area contributed by atoms with Gasteiger partial charge in [0.25, 0.3) is 5.91 Å². The maximum atomic E-state index is 12.2. The molecule has 0 aliphatic carbocycles. The predicted octanol–water partition coefficient (Wildman–Crippen LogP) is 2.58. The summed E-state index contributed by atoms with van der Waals surface area (Å²) < 4.78 is 15.9.